The molecule has 0 bridgehead atoms. The Morgan fingerprint density at radius 1 is 1.17 bits per heavy atom. The average molecular weight is 556 g/mol. The molecule has 0 aliphatic carbocycles. The Hall–Kier alpha value is -3.28. The number of hydrogen-bond acceptors (Lipinski definition) is 7. The third-order valence-corrected chi connectivity index (χ3v) is 6.88. The van der Waals surface area contributed by atoms with E-state index in [1.807, 2.05) is 18.2 Å². The SMILES string of the molecule is O=C(Cc1ccc2c(c1)CCO2)N=Nc1c(O)[nH]c2cc(C(=O)NCCN3CCOCC3)cc(Br)c12. The van der Waals surface area contributed by atoms with E-state index < -0.39 is 5.91 Å². The van der Waals surface area contributed by atoms with E-state index in [2.05, 4.69) is 41.4 Å². The molecule has 1 aromatic heterocycles. The summed E-state index contributed by atoms with van der Waals surface area (Å²) < 4.78 is 11.4. The van der Waals surface area contributed by atoms with Gasteiger partial charge < -0.3 is 24.9 Å². The molecule has 188 valence electrons. The number of rotatable bonds is 7. The summed E-state index contributed by atoms with van der Waals surface area (Å²) in [5.74, 6) is -0.0404. The van der Waals surface area contributed by atoms with Gasteiger partial charge in [-0.3, -0.25) is 14.5 Å². The number of nitrogens with zero attached hydrogens (tertiary/aromatic N) is 3. The van der Waals surface area contributed by atoms with Gasteiger partial charge in [-0.25, -0.2) is 0 Å². The van der Waals surface area contributed by atoms with Gasteiger partial charge in [-0.15, -0.1) is 10.2 Å². The molecule has 2 aromatic carbocycles. The smallest absolute Gasteiger partial charge is 0.269 e. The molecule has 10 nitrogen and oxygen atoms in total. The molecule has 1 fully saturated rings. The van der Waals surface area contributed by atoms with E-state index in [9.17, 15) is 14.7 Å². The molecule has 3 aromatic rings. The predicted molar refractivity (Wildman–Crippen MR) is 136 cm³/mol. The van der Waals surface area contributed by atoms with Crippen LogP contribution < -0.4 is 10.1 Å². The molecule has 2 aliphatic heterocycles. The van der Waals surface area contributed by atoms with Crippen molar-refractivity contribution in [3.8, 4) is 11.6 Å². The summed E-state index contributed by atoms with van der Waals surface area (Å²) in [6, 6.07) is 8.94. The molecule has 2 amide bonds. The van der Waals surface area contributed by atoms with E-state index in [-0.39, 0.29) is 23.9 Å². The maximum absolute atomic E-state index is 12.7. The van der Waals surface area contributed by atoms with Crippen LogP contribution in [-0.4, -0.2) is 72.8 Å². The summed E-state index contributed by atoms with van der Waals surface area (Å²) in [6.07, 6.45) is 0.917. The first kappa shape index (κ1) is 24.4. The van der Waals surface area contributed by atoms with Gasteiger partial charge in [0.15, 0.2) is 5.69 Å². The van der Waals surface area contributed by atoms with E-state index >= 15 is 0 Å². The van der Waals surface area contributed by atoms with Crippen molar-refractivity contribution in [3.05, 3.63) is 51.5 Å². The van der Waals surface area contributed by atoms with E-state index in [0.29, 0.717) is 47.3 Å². The van der Waals surface area contributed by atoms with E-state index in [0.717, 1.165) is 42.9 Å². The van der Waals surface area contributed by atoms with Gasteiger partial charge in [0.2, 0.25) is 5.88 Å². The highest BCUT2D eigenvalue weighted by Gasteiger charge is 2.19. The van der Waals surface area contributed by atoms with Crippen LogP contribution in [0.4, 0.5) is 5.69 Å². The third-order valence-electron chi connectivity index (χ3n) is 6.25. The van der Waals surface area contributed by atoms with Crippen LogP contribution in [0.25, 0.3) is 10.9 Å². The maximum atomic E-state index is 12.7. The Labute approximate surface area is 215 Å². The number of azo groups is 1. The highest BCUT2D eigenvalue weighted by atomic mass is 79.9. The zero-order valence-electron chi connectivity index (χ0n) is 19.6. The Morgan fingerprint density at radius 3 is 2.83 bits per heavy atom. The topological polar surface area (TPSA) is 129 Å². The molecule has 0 unspecified atom stereocenters. The fourth-order valence-electron chi connectivity index (χ4n) is 4.40. The normalized spacial score (nSPS) is 15.8. The van der Waals surface area contributed by atoms with E-state index in [4.69, 9.17) is 9.47 Å². The number of halogens is 1. The lowest BCUT2D eigenvalue weighted by Crippen LogP contribution is -2.41. The van der Waals surface area contributed by atoms with Gasteiger partial charge in [0.1, 0.15) is 5.75 Å². The summed E-state index contributed by atoms with van der Waals surface area (Å²) >= 11 is 3.47. The maximum Gasteiger partial charge on any atom is 0.269 e. The lowest BCUT2D eigenvalue weighted by Gasteiger charge is -2.26. The number of hydrogen-bond donors (Lipinski definition) is 3. The van der Waals surface area contributed by atoms with Crippen molar-refractivity contribution in [2.75, 3.05) is 46.0 Å². The van der Waals surface area contributed by atoms with Crippen LogP contribution in [0.3, 0.4) is 0 Å². The fourth-order valence-corrected chi connectivity index (χ4v) is 5.05. The van der Waals surface area contributed by atoms with Crippen LogP contribution in [-0.2, 0) is 22.4 Å². The molecule has 36 heavy (non-hydrogen) atoms. The minimum absolute atomic E-state index is 0.0931. The Bertz CT molecular complexity index is 1330. The minimum Gasteiger partial charge on any atom is -0.493 e. The zero-order valence-corrected chi connectivity index (χ0v) is 21.1. The molecule has 0 radical (unpaired) electrons. The van der Waals surface area contributed by atoms with Crippen LogP contribution in [0.15, 0.2) is 45.0 Å². The lowest BCUT2D eigenvalue weighted by molar-refractivity contribution is -0.117. The van der Waals surface area contributed by atoms with Crippen molar-refractivity contribution in [3.63, 3.8) is 0 Å². The Balaban J connectivity index is 1.26. The first-order valence-electron chi connectivity index (χ1n) is 11.8. The van der Waals surface area contributed by atoms with Gasteiger partial charge >= 0.3 is 0 Å². The van der Waals surface area contributed by atoms with Crippen molar-refractivity contribution >= 4 is 44.3 Å². The van der Waals surface area contributed by atoms with Gasteiger partial charge in [0.05, 0.1) is 31.8 Å². The van der Waals surface area contributed by atoms with Crippen LogP contribution in [0.2, 0.25) is 0 Å². The summed E-state index contributed by atoms with van der Waals surface area (Å²) in [7, 11) is 0. The molecule has 0 spiro atoms. The number of carbonyl (C=O) groups is 2. The Kier molecular flexibility index (Phi) is 7.30. The summed E-state index contributed by atoms with van der Waals surface area (Å²) in [4.78, 5) is 30.2. The number of H-pyrrole nitrogens is 1. The Morgan fingerprint density at radius 2 is 2.00 bits per heavy atom. The number of ether oxygens (including phenoxy) is 2. The number of carbonyl (C=O) groups excluding carboxylic acids is 2. The second kappa shape index (κ2) is 10.8. The molecular weight excluding hydrogens is 530 g/mol. The average Bonchev–Trinajstić information content (AvgIpc) is 3.46. The van der Waals surface area contributed by atoms with Crippen LogP contribution in [0, 0.1) is 0 Å². The second-order valence-electron chi connectivity index (χ2n) is 8.72. The summed E-state index contributed by atoms with van der Waals surface area (Å²) in [5.41, 5.74) is 2.97. The number of amides is 2. The van der Waals surface area contributed by atoms with E-state index in [1.54, 1.807) is 12.1 Å². The standard InChI is InChI=1S/C25H26BrN5O5/c26-18-13-17(24(33)27-4-5-31-6-9-35-10-7-31)14-19-22(18)23(25(34)28-19)30-29-21(32)12-15-1-2-20-16(11-15)3-8-36-20/h1-2,11,13-14,28,34H,3-10,12H2,(H,27,33). The quantitative estimate of drug-likeness (QED) is 0.383. The number of nitrogens with one attached hydrogen (secondary N) is 2. The summed E-state index contributed by atoms with van der Waals surface area (Å²) in [5, 5.41) is 21.7. The number of aromatic hydroxyl groups is 1. The molecule has 0 atom stereocenters. The van der Waals surface area contributed by atoms with Crippen molar-refractivity contribution < 1.29 is 24.2 Å². The number of aromatic nitrogens is 1. The highest BCUT2D eigenvalue weighted by Crippen LogP contribution is 2.40. The fraction of sp³-hybridized carbons (Fsp3) is 0.360. The van der Waals surface area contributed by atoms with Crippen molar-refractivity contribution in [1.29, 1.82) is 0 Å². The van der Waals surface area contributed by atoms with Gasteiger partial charge in [-0.05, 0) is 45.3 Å². The third kappa shape index (κ3) is 5.43. The lowest BCUT2D eigenvalue weighted by atomic mass is 10.1. The van der Waals surface area contributed by atoms with Gasteiger partial charge in [-0.1, -0.05) is 12.1 Å². The number of benzene rings is 2. The second-order valence-corrected chi connectivity index (χ2v) is 9.58. The predicted octanol–water partition coefficient (Wildman–Crippen LogP) is 3.49. The molecule has 0 saturated carbocycles. The van der Waals surface area contributed by atoms with Crippen molar-refractivity contribution in [1.82, 2.24) is 15.2 Å². The molecule has 3 heterocycles. The monoisotopic (exact) mass is 555 g/mol. The van der Waals surface area contributed by atoms with Crippen molar-refractivity contribution in [2.24, 2.45) is 10.2 Å². The van der Waals surface area contributed by atoms with Crippen molar-refractivity contribution in [2.45, 2.75) is 12.8 Å². The van der Waals surface area contributed by atoms with E-state index in [1.165, 1.54) is 0 Å². The summed E-state index contributed by atoms with van der Waals surface area (Å²) in [6.45, 7) is 5.06. The molecule has 5 rings (SSSR count). The van der Waals surface area contributed by atoms with Gasteiger partial charge in [0.25, 0.3) is 11.8 Å². The van der Waals surface area contributed by atoms with Crippen LogP contribution in [0.1, 0.15) is 21.5 Å². The minimum atomic E-state index is -0.435. The first-order chi connectivity index (χ1) is 17.5. The number of fused-ring (bicyclic) bond motifs is 2. The number of aromatic amines is 1. The molecule has 2 aliphatic rings. The van der Waals surface area contributed by atoms with Crippen LogP contribution >= 0.6 is 15.9 Å². The highest BCUT2D eigenvalue weighted by molar-refractivity contribution is 9.10. The molecule has 3 N–H and O–H groups in total. The largest absolute Gasteiger partial charge is 0.493 e. The number of morpholine rings is 1. The molecule has 1 saturated heterocycles. The van der Waals surface area contributed by atoms with Gasteiger partial charge in [0, 0.05) is 48.0 Å². The first-order valence-corrected chi connectivity index (χ1v) is 12.6. The molecular formula is C25H26BrN5O5. The zero-order chi connectivity index (χ0) is 25.1. The van der Waals surface area contributed by atoms with Gasteiger partial charge in [-0.2, -0.15) is 0 Å². The molecule has 11 heteroatoms. The van der Waals surface area contributed by atoms with Crippen LogP contribution in [0.5, 0.6) is 11.6 Å².